The van der Waals surface area contributed by atoms with Gasteiger partial charge in [-0.1, -0.05) is 18.2 Å². The van der Waals surface area contributed by atoms with E-state index in [9.17, 15) is 4.79 Å². The van der Waals surface area contributed by atoms with Gasteiger partial charge in [0.05, 0.1) is 19.9 Å². The number of carbonyl (C=O) groups excluding carboxylic acids is 1. The number of carbonyl (C=O) groups is 1. The number of nitrogens with zero attached hydrogens (tertiary/aromatic N) is 3. The lowest BCUT2D eigenvalue weighted by molar-refractivity contribution is 0.0770. The fourth-order valence-corrected chi connectivity index (χ4v) is 4.24. The van der Waals surface area contributed by atoms with Crippen molar-refractivity contribution in [2.75, 3.05) is 58.4 Å². The Labute approximate surface area is 172 Å². The van der Waals surface area contributed by atoms with E-state index in [4.69, 9.17) is 9.47 Å². The van der Waals surface area contributed by atoms with Crippen molar-refractivity contribution < 1.29 is 14.3 Å². The largest absolute Gasteiger partial charge is 0.497 e. The monoisotopic (exact) mass is 395 g/mol. The first-order valence-electron chi connectivity index (χ1n) is 10.3. The van der Waals surface area contributed by atoms with E-state index in [0.717, 1.165) is 68.3 Å². The third-order valence-electron chi connectivity index (χ3n) is 5.90. The van der Waals surface area contributed by atoms with Crippen molar-refractivity contribution in [1.82, 2.24) is 9.80 Å². The summed E-state index contributed by atoms with van der Waals surface area (Å²) in [6.07, 6.45) is 0.992. The molecule has 0 unspecified atom stereocenters. The summed E-state index contributed by atoms with van der Waals surface area (Å²) < 4.78 is 10.7. The molecule has 4 rings (SSSR count). The molecule has 2 aromatic carbocycles. The second-order valence-electron chi connectivity index (χ2n) is 7.60. The molecule has 0 N–H and O–H groups in total. The van der Waals surface area contributed by atoms with E-state index in [-0.39, 0.29) is 5.91 Å². The van der Waals surface area contributed by atoms with Crippen molar-refractivity contribution in [2.45, 2.75) is 13.0 Å². The molecule has 0 aliphatic carbocycles. The molecule has 1 amide bonds. The number of anilines is 1. The van der Waals surface area contributed by atoms with Gasteiger partial charge in [-0.15, -0.1) is 0 Å². The van der Waals surface area contributed by atoms with Gasteiger partial charge in [-0.3, -0.25) is 9.69 Å². The normalized spacial score (nSPS) is 16.8. The highest BCUT2D eigenvalue weighted by Crippen LogP contribution is 2.29. The van der Waals surface area contributed by atoms with Crippen LogP contribution < -0.4 is 14.4 Å². The summed E-state index contributed by atoms with van der Waals surface area (Å²) in [6, 6.07) is 14.0. The van der Waals surface area contributed by atoms with Crippen LogP contribution in [0.4, 0.5) is 5.69 Å². The Morgan fingerprint density at radius 2 is 1.72 bits per heavy atom. The highest BCUT2D eigenvalue weighted by molar-refractivity contribution is 5.98. The van der Waals surface area contributed by atoms with Crippen LogP contribution in [-0.4, -0.2) is 69.2 Å². The van der Waals surface area contributed by atoms with E-state index in [1.165, 1.54) is 5.69 Å². The molecule has 1 fully saturated rings. The molecule has 2 aromatic rings. The minimum Gasteiger partial charge on any atom is -0.497 e. The average Bonchev–Trinajstić information content (AvgIpc) is 3.09. The first-order chi connectivity index (χ1) is 14.2. The van der Waals surface area contributed by atoms with Crippen LogP contribution >= 0.6 is 0 Å². The van der Waals surface area contributed by atoms with Gasteiger partial charge in [0.15, 0.2) is 0 Å². The zero-order chi connectivity index (χ0) is 20.2. The lowest BCUT2D eigenvalue weighted by Gasteiger charge is -2.36. The number of amides is 1. The fourth-order valence-electron chi connectivity index (χ4n) is 4.24. The maximum Gasteiger partial charge on any atom is 0.254 e. The van der Waals surface area contributed by atoms with Gasteiger partial charge >= 0.3 is 0 Å². The molecule has 1 saturated heterocycles. The molecule has 2 aliphatic rings. The Balaban J connectivity index is 1.24. The Kier molecular flexibility index (Phi) is 5.90. The van der Waals surface area contributed by atoms with Gasteiger partial charge in [0.2, 0.25) is 0 Å². The van der Waals surface area contributed by atoms with Crippen molar-refractivity contribution in [2.24, 2.45) is 0 Å². The summed E-state index contributed by atoms with van der Waals surface area (Å²) in [7, 11) is 3.36. The van der Waals surface area contributed by atoms with Gasteiger partial charge in [-0.05, 0) is 42.8 Å². The van der Waals surface area contributed by atoms with Crippen molar-refractivity contribution in [3.8, 4) is 11.5 Å². The standard InChI is InChI=1S/C23H29N3O3/c1-28-19-9-8-18-17-26(23(27)20(18)16-19)11-5-10-24-12-14-25(15-13-24)21-6-3-4-7-22(21)29-2/h3-4,6-9,16H,5,10-15,17H2,1-2H3. The van der Waals surface area contributed by atoms with Crippen molar-refractivity contribution in [3.63, 3.8) is 0 Å². The van der Waals surface area contributed by atoms with Crippen LogP contribution in [0, 0.1) is 0 Å². The molecule has 0 aromatic heterocycles. The number of rotatable bonds is 7. The fraction of sp³-hybridized carbons (Fsp3) is 0.435. The Hall–Kier alpha value is -2.73. The SMILES string of the molecule is COc1ccc2c(c1)C(=O)N(CCCN1CCN(c3ccccc3OC)CC1)C2. The Morgan fingerprint density at radius 1 is 0.931 bits per heavy atom. The number of ether oxygens (including phenoxy) is 2. The van der Waals surface area contributed by atoms with E-state index >= 15 is 0 Å². The maximum atomic E-state index is 12.6. The maximum absolute atomic E-state index is 12.6. The molecule has 2 heterocycles. The molecule has 0 atom stereocenters. The van der Waals surface area contributed by atoms with Crippen LogP contribution in [0.15, 0.2) is 42.5 Å². The van der Waals surface area contributed by atoms with Crippen molar-refractivity contribution in [3.05, 3.63) is 53.6 Å². The third kappa shape index (κ3) is 4.17. The molecule has 154 valence electrons. The number of hydrogen-bond acceptors (Lipinski definition) is 5. The first-order valence-corrected chi connectivity index (χ1v) is 10.3. The molecule has 0 bridgehead atoms. The number of benzene rings is 2. The number of hydrogen-bond donors (Lipinski definition) is 0. The molecule has 0 radical (unpaired) electrons. The summed E-state index contributed by atoms with van der Waals surface area (Å²) in [4.78, 5) is 19.5. The van der Waals surface area contributed by atoms with E-state index in [1.54, 1.807) is 14.2 Å². The quantitative estimate of drug-likeness (QED) is 0.721. The number of piperazine rings is 1. The predicted octanol–water partition coefficient (Wildman–Crippen LogP) is 2.87. The van der Waals surface area contributed by atoms with Crippen LogP contribution in [-0.2, 0) is 6.54 Å². The van der Waals surface area contributed by atoms with Crippen LogP contribution in [0.5, 0.6) is 11.5 Å². The smallest absolute Gasteiger partial charge is 0.254 e. The lowest BCUT2D eigenvalue weighted by Crippen LogP contribution is -2.47. The van der Waals surface area contributed by atoms with E-state index < -0.39 is 0 Å². The van der Waals surface area contributed by atoms with Crippen LogP contribution in [0.25, 0.3) is 0 Å². The lowest BCUT2D eigenvalue weighted by atomic mass is 10.1. The zero-order valence-electron chi connectivity index (χ0n) is 17.3. The van der Waals surface area contributed by atoms with Crippen molar-refractivity contribution >= 4 is 11.6 Å². The van der Waals surface area contributed by atoms with Gasteiger partial charge < -0.3 is 19.3 Å². The van der Waals surface area contributed by atoms with Crippen LogP contribution in [0.2, 0.25) is 0 Å². The summed E-state index contributed by atoms with van der Waals surface area (Å²) >= 11 is 0. The number of para-hydroxylation sites is 2. The molecular weight excluding hydrogens is 366 g/mol. The summed E-state index contributed by atoms with van der Waals surface area (Å²) in [6.45, 7) is 6.57. The Morgan fingerprint density at radius 3 is 2.48 bits per heavy atom. The van der Waals surface area contributed by atoms with E-state index in [0.29, 0.717) is 6.54 Å². The zero-order valence-corrected chi connectivity index (χ0v) is 17.3. The molecule has 0 spiro atoms. The van der Waals surface area contributed by atoms with E-state index in [2.05, 4.69) is 21.9 Å². The van der Waals surface area contributed by atoms with E-state index in [1.807, 2.05) is 35.2 Å². The molecule has 6 nitrogen and oxygen atoms in total. The second kappa shape index (κ2) is 8.74. The average molecular weight is 396 g/mol. The van der Waals surface area contributed by atoms with Gasteiger partial charge in [-0.2, -0.15) is 0 Å². The summed E-state index contributed by atoms with van der Waals surface area (Å²) in [5.41, 5.74) is 3.06. The van der Waals surface area contributed by atoms with Crippen LogP contribution in [0.3, 0.4) is 0 Å². The predicted molar refractivity (Wildman–Crippen MR) is 114 cm³/mol. The summed E-state index contributed by atoms with van der Waals surface area (Å²) in [5.74, 6) is 1.80. The molecule has 6 heteroatoms. The number of methoxy groups -OCH3 is 2. The second-order valence-corrected chi connectivity index (χ2v) is 7.60. The van der Waals surface area contributed by atoms with Gasteiger partial charge in [0, 0.05) is 44.8 Å². The van der Waals surface area contributed by atoms with Gasteiger partial charge in [-0.25, -0.2) is 0 Å². The first kappa shape index (κ1) is 19.6. The Bertz CT molecular complexity index is 862. The highest BCUT2D eigenvalue weighted by atomic mass is 16.5. The van der Waals surface area contributed by atoms with Gasteiger partial charge in [0.25, 0.3) is 5.91 Å². The summed E-state index contributed by atoms with van der Waals surface area (Å²) in [5, 5.41) is 0. The highest BCUT2D eigenvalue weighted by Gasteiger charge is 2.27. The minimum absolute atomic E-state index is 0.125. The van der Waals surface area contributed by atoms with Gasteiger partial charge in [0.1, 0.15) is 11.5 Å². The minimum atomic E-state index is 0.125. The molecule has 0 saturated carbocycles. The van der Waals surface area contributed by atoms with Crippen LogP contribution in [0.1, 0.15) is 22.3 Å². The molecule has 29 heavy (non-hydrogen) atoms. The third-order valence-corrected chi connectivity index (χ3v) is 5.90. The van der Waals surface area contributed by atoms with Crippen molar-refractivity contribution in [1.29, 1.82) is 0 Å². The molecule has 2 aliphatic heterocycles. The topological polar surface area (TPSA) is 45.2 Å². The molecular formula is C23H29N3O3. The number of fused-ring (bicyclic) bond motifs is 1.